The summed E-state index contributed by atoms with van der Waals surface area (Å²) in [5.74, 6) is 0.855. The van der Waals surface area contributed by atoms with Gasteiger partial charge in [0.25, 0.3) is 0 Å². The van der Waals surface area contributed by atoms with E-state index >= 15 is 0 Å². The van der Waals surface area contributed by atoms with Gasteiger partial charge in [-0.05, 0) is 35.9 Å². The molecule has 1 unspecified atom stereocenters. The Labute approximate surface area is 120 Å². The topological polar surface area (TPSA) is 76.1 Å². The summed E-state index contributed by atoms with van der Waals surface area (Å²) in [5, 5.41) is 9.04. The zero-order valence-corrected chi connectivity index (χ0v) is 11.8. The molecule has 0 amide bonds. The van der Waals surface area contributed by atoms with E-state index in [1.807, 2.05) is 6.07 Å². The van der Waals surface area contributed by atoms with E-state index < -0.39 is 10.8 Å². The molecule has 0 fully saturated rings. The monoisotopic (exact) mass is 286 g/mol. The summed E-state index contributed by atoms with van der Waals surface area (Å²) in [5.41, 5.74) is 7.53. The van der Waals surface area contributed by atoms with Crippen molar-refractivity contribution in [1.29, 1.82) is 5.26 Å². The van der Waals surface area contributed by atoms with Crippen molar-refractivity contribution in [2.24, 2.45) is 0 Å². The lowest BCUT2D eigenvalue weighted by Crippen LogP contribution is -1.99. The van der Waals surface area contributed by atoms with Crippen LogP contribution in [0, 0.1) is 11.3 Å². The molecular formula is C15H14N2O2S. The van der Waals surface area contributed by atoms with Gasteiger partial charge < -0.3 is 10.5 Å². The summed E-state index contributed by atoms with van der Waals surface area (Å²) in [7, 11) is 0.321. The van der Waals surface area contributed by atoms with Crippen molar-refractivity contribution in [3.05, 3.63) is 53.6 Å². The first-order valence-corrected chi connectivity index (χ1v) is 7.27. The second-order valence-corrected chi connectivity index (χ2v) is 5.66. The van der Waals surface area contributed by atoms with Crippen LogP contribution < -0.4 is 10.5 Å². The van der Waals surface area contributed by atoms with Crippen molar-refractivity contribution in [3.8, 4) is 11.8 Å². The van der Waals surface area contributed by atoms with E-state index in [9.17, 15) is 4.21 Å². The van der Waals surface area contributed by atoms with Gasteiger partial charge in [-0.1, -0.05) is 12.1 Å². The minimum atomic E-state index is -1.19. The van der Waals surface area contributed by atoms with Crippen molar-refractivity contribution in [1.82, 2.24) is 0 Å². The lowest BCUT2D eigenvalue weighted by molar-refractivity contribution is 0.413. The molecule has 2 rings (SSSR count). The SMILES string of the molecule is COc1ccc(CS(=O)c2cccc(N)c2)cc1C#N. The highest BCUT2D eigenvalue weighted by atomic mass is 32.2. The number of nitrogens with two attached hydrogens (primary N) is 1. The van der Waals surface area contributed by atoms with Crippen LogP contribution in [-0.2, 0) is 16.6 Å². The third-order valence-corrected chi connectivity index (χ3v) is 4.18. The number of hydrogen-bond acceptors (Lipinski definition) is 4. The molecule has 0 radical (unpaired) electrons. The van der Waals surface area contributed by atoms with Crippen LogP contribution in [0.2, 0.25) is 0 Å². The van der Waals surface area contributed by atoms with E-state index in [0.717, 1.165) is 5.56 Å². The molecule has 0 spiro atoms. The Bertz CT molecular complexity index is 693. The molecule has 0 aliphatic heterocycles. The highest BCUT2D eigenvalue weighted by molar-refractivity contribution is 7.84. The van der Waals surface area contributed by atoms with E-state index in [2.05, 4.69) is 6.07 Å². The van der Waals surface area contributed by atoms with E-state index in [0.29, 0.717) is 27.6 Å². The van der Waals surface area contributed by atoms with Crippen LogP contribution in [0.15, 0.2) is 47.4 Å². The van der Waals surface area contributed by atoms with Gasteiger partial charge in [-0.15, -0.1) is 0 Å². The maximum Gasteiger partial charge on any atom is 0.136 e. The van der Waals surface area contributed by atoms with Crippen LogP contribution in [0.3, 0.4) is 0 Å². The van der Waals surface area contributed by atoms with Crippen LogP contribution in [0.4, 0.5) is 5.69 Å². The zero-order valence-electron chi connectivity index (χ0n) is 11.0. The molecule has 0 saturated heterocycles. The number of benzene rings is 2. The minimum Gasteiger partial charge on any atom is -0.495 e. The van der Waals surface area contributed by atoms with Gasteiger partial charge in [-0.25, -0.2) is 0 Å². The normalized spacial score (nSPS) is 11.6. The van der Waals surface area contributed by atoms with Gasteiger partial charge in [-0.2, -0.15) is 5.26 Å². The minimum absolute atomic E-state index is 0.335. The Balaban J connectivity index is 2.22. The third-order valence-electron chi connectivity index (χ3n) is 2.80. The van der Waals surface area contributed by atoms with E-state index in [-0.39, 0.29) is 0 Å². The molecule has 2 aromatic carbocycles. The molecule has 2 aromatic rings. The van der Waals surface area contributed by atoms with Crippen LogP contribution >= 0.6 is 0 Å². The lowest BCUT2D eigenvalue weighted by Gasteiger charge is -2.06. The molecule has 102 valence electrons. The standard InChI is InChI=1S/C15H14N2O2S/c1-19-15-6-5-11(7-12(15)9-16)10-20(18)14-4-2-3-13(17)8-14/h2-8H,10,17H2,1H3. The fourth-order valence-electron chi connectivity index (χ4n) is 1.82. The maximum absolute atomic E-state index is 12.3. The number of nitrogens with zero attached hydrogens (tertiary/aromatic N) is 1. The predicted octanol–water partition coefficient (Wildman–Crippen LogP) is 2.46. The van der Waals surface area contributed by atoms with Gasteiger partial charge in [0.15, 0.2) is 0 Å². The fourth-order valence-corrected chi connectivity index (χ4v) is 2.97. The van der Waals surface area contributed by atoms with Gasteiger partial charge in [0.1, 0.15) is 11.8 Å². The Kier molecular flexibility index (Phi) is 4.38. The molecule has 0 aliphatic carbocycles. The number of nitrogen functional groups attached to an aromatic ring is 1. The molecule has 0 bridgehead atoms. The van der Waals surface area contributed by atoms with Crippen molar-refractivity contribution in [2.75, 3.05) is 12.8 Å². The second-order valence-electron chi connectivity index (χ2n) is 4.21. The Hall–Kier alpha value is -2.32. The summed E-state index contributed by atoms with van der Waals surface area (Å²) < 4.78 is 17.3. The van der Waals surface area contributed by atoms with Gasteiger partial charge in [0.05, 0.1) is 29.2 Å². The van der Waals surface area contributed by atoms with Crippen LogP contribution in [0.5, 0.6) is 5.75 Å². The molecule has 1 atom stereocenters. The highest BCUT2D eigenvalue weighted by Crippen LogP contribution is 2.21. The highest BCUT2D eigenvalue weighted by Gasteiger charge is 2.08. The van der Waals surface area contributed by atoms with Gasteiger partial charge in [-0.3, -0.25) is 4.21 Å². The largest absolute Gasteiger partial charge is 0.495 e. The van der Waals surface area contributed by atoms with Crippen molar-refractivity contribution in [2.45, 2.75) is 10.6 Å². The molecule has 0 heterocycles. The summed E-state index contributed by atoms with van der Waals surface area (Å²) in [6.07, 6.45) is 0. The second kappa shape index (κ2) is 6.22. The first kappa shape index (κ1) is 14.1. The average Bonchev–Trinajstić information content (AvgIpc) is 2.47. The number of methoxy groups -OCH3 is 1. The lowest BCUT2D eigenvalue weighted by atomic mass is 10.1. The summed E-state index contributed by atoms with van der Waals surface area (Å²) in [6.45, 7) is 0. The van der Waals surface area contributed by atoms with Gasteiger partial charge >= 0.3 is 0 Å². The summed E-state index contributed by atoms with van der Waals surface area (Å²) >= 11 is 0. The van der Waals surface area contributed by atoms with E-state index in [1.165, 1.54) is 7.11 Å². The predicted molar refractivity (Wildman–Crippen MR) is 78.7 cm³/mol. The van der Waals surface area contributed by atoms with E-state index in [4.69, 9.17) is 15.7 Å². The van der Waals surface area contributed by atoms with Crippen molar-refractivity contribution >= 4 is 16.5 Å². The summed E-state index contributed by atoms with van der Waals surface area (Å²) in [4.78, 5) is 0.680. The molecular weight excluding hydrogens is 272 g/mol. The molecule has 5 heteroatoms. The quantitative estimate of drug-likeness (QED) is 0.876. The number of anilines is 1. The van der Waals surface area contributed by atoms with Crippen LogP contribution in [0.25, 0.3) is 0 Å². The number of ether oxygens (including phenoxy) is 1. The average molecular weight is 286 g/mol. The molecule has 20 heavy (non-hydrogen) atoms. The zero-order chi connectivity index (χ0) is 14.5. The molecule has 4 nitrogen and oxygen atoms in total. The molecule has 2 N–H and O–H groups in total. The summed E-state index contributed by atoms with van der Waals surface area (Å²) in [6, 6.07) is 14.3. The Morgan fingerprint density at radius 3 is 2.75 bits per heavy atom. The van der Waals surface area contributed by atoms with Crippen molar-refractivity contribution in [3.63, 3.8) is 0 Å². The van der Waals surface area contributed by atoms with Gasteiger partial charge in [0, 0.05) is 10.6 Å². The third kappa shape index (κ3) is 3.16. The van der Waals surface area contributed by atoms with Crippen LogP contribution in [0.1, 0.15) is 11.1 Å². The first-order valence-electron chi connectivity index (χ1n) is 5.95. The van der Waals surface area contributed by atoms with Gasteiger partial charge in [0.2, 0.25) is 0 Å². The maximum atomic E-state index is 12.3. The van der Waals surface area contributed by atoms with Crippen LogP contribution in [-0.4, -0.2) is 11.3 Å². The number of rotatable bonds is 4. The van der Waals surface area contributed by atoms with E-state index in [1.54, 1.807) is 36.4 Å². The smallest absolute Gasteiger partial charge is 0.136 e. The van der Waals surface area contributed by atoms with Crippen molar-refractivity contribution < 1.29 is 8.95 Å². The fraction of sp³-hybridized carbons (Fsp3) is 0.133. The Morgan fingerprint density at radius 1 is 1.30 bits per heavy atom. The molecule has 0 aliphatic rings. The molecule has 0 saturated carbocycles. The number of nitriles is 1. The number of hydrogen-bond donors (Lipinski definition) is 1. The Morgan fingerprint density at radius 2 is 2.10 bits per heavy atom. The molecule has 0 aromatic heterocycles. The first-order chi connectivity index (χ1) is 9.63.